The third-order valence-electron chi connectivity index (χ3n) is 3.29. The van der Waals surface area contributed by atoms with Crippen molar-refractivity contribution in [1.29, 1.82) is 0 Å². The standard InChI is InChI=1S/C18H15ClFNO3/c1-2-17(22)21-16-8-4-11(9-14(16)18(23)24)3-5-12-6-7-13(20)10-15(12)19/h3-10H,2H2,1H3,(H,21,22)(H,23,24)/b5-3+. The molecule has 0 aliphatic heterocycles. The summed E-state index contributed by atoms with van der Waals surface area (Å²) in [5, 5.41) is 12.1. The van der Waals surface area contributed by atoms with Crippen LogP contribution in [0.4, 0.5) is 10.1 Å². The minimum absolute atomic E-state index is 0.0100. The second-order valence-electron chi connectivity index (χ2n) is 5.01. The number of halogens is 2. The Morgan fingerprint density at radius 1 is 1.21 bits per heavy atom. The highest BCUT2D eigenvalue weighted by molar-refractivity contribution is 6.32. The van der Waals surface area contributed by atoms with Crippen molar-refractivity contribution in [1.82, 2.24) is 0 Å². The maximum atomic E-state index is 13.0. The van der Waals surface area contributed by atoms with E-state index < -0.39 is 11.8 Å². The van der Waals surface area contributed by atoms with Crippen LogP contribution in [-0.2, 0) is 4.79 Å². The number of nitrogens with one attached hydrogen (secondary N) is 1. The van der Waals surface area contributed by atoms with E-state index in [-0.39, 0.29) is 28.6 Å². The first kappa shape index (κ1) is 17.7. The van der Waals surface area contributed by atoms with Gasteiger partial charge in [-0.2, -0.15) is 0 Å². The summed E-state index contributed by atoms with van der Waals surface area (Å²) in [5.41, 5.74) is 1.45. The molecular weight excluding hydrogens is 333 g/mol. The van der Waals surface area contributed by atoms with Crippen molar-refractivity contribution < 1.29 is 19.1 Å². The highest BCUT2D eigenvalue weighted by atomic mass is 35.5. The highest BCUT2D eigenvalue weighted by Gasteiger charge is 2.12. The van der Waals surface area contributed by atoms with E-state index in [9.17, 15) is 19.1 Å². The zero-order chi connectivity index (χ0) is 17.7. The molecule has 0 aromatic heterocycles. The van der Waals surface area contributed by atoms with Crippen LogP contribution in [0.3, 0.4) is 0 Å². The summed E-state index contributed by atoms with van der Waals surface area (Å²) in [6.45, 7) is 1.68. The van der Waals surface area contributed by atoms with Gasteiger partial charge < -0.3 is 10.4 Å². The molecule has 0 saturated carbocycles. The molecule has 0 bridgehead atoms. The number of anilines is 1. The molecule has 1 amide bonds. The number of hydrogen-bond donors (Lipinski definition) is 2. The summed E-state index contributed by atoms with van der Waals surface area (Å²) >= 11 is 5.94. The van der Waals surface area contributed by atoms with Crippen molar-refractivity contribution in [3.8, 4) is 0 Å². The van der Waals surface area contributed by atoms with E-state index in [4.69, 9.17) is 11.6 Å². The first-order chi connectivity index (χ1) is 11.4. The largest absolute Gasteiger partial charge is 0.478 e. The Hall–Kier alpha value is -2.66. The third-order valence-corrected chi connectivity index (χ3v) is 3.61. The number of carboxylic acid groups (broad SMARTS) is 1. The predicted octanol–water partition coefficient (Wildman–Crippen LogP) is 4.70. The van der Waals surface area contributed by atoms with E-state index in [0.29, 0.717) is 11.1 Å². The molecule has 6 heteroatoms. The van der Waals surface area contributed by atoms with Gasteiger partial charge in [0.25, 0.3) is 0 Å². The second kappa shape index (κ2) is 7.75. The minimum atomic E-state index is -1.14. The van der Waals surface area contributed by atoms with Crippen LogP contribution in [0.25, 0.3) is 12.2 Å². The van der Waals surface area contributed by atoms with Gasteiger partial charge in [-0.3, -0.25) is 4.79 Å². The van der Waals surface area contributed by atoms with Gasteiger partial charge in [-0.1, -0.05) is 42.8 Å². The van der Waals surface area contributed by atoms with Gasteiger partial charge in [-0.05, 0) is 35.4 Å². The molecule has 0 aliphatic carbocycles. The van der Waals surface area contributed by atoms with E-state index in [1.54, 1.807) is 25.1 Å². The van der Waals surface area contributed by atoms with E-state index in [2.05, 4.69) is 5.32 Å². The molecule has 0 heterocycles. The summed E-state index contributed by atoms with van der Waals surface area (Å²) in [4.78, 5) is 22.8. The molecule has 2 aromatic carbocycles. The lowest BCUT2D eigenvalue weighted by Crippen LogP contribution is -2.13. The van der Waals surface area contributed by atoms with Crippen LogP contribution in [0.15, 0.2) is 36.4 Å². The summed E-state index contributed by atoms with van der Waals surface area (Å²) in [6, 6.07) is 8.67. The Bertz CT molecular complexity index is 818. The van der Waals surface area contributed by atoms with Crippen LogP contribution >= 0.6 is 11.6 Å². The smallest absolute Gasteiger partial charge is 0.337 e. The minimum Gasteiger partial charge on any atom is -0.478 e. The van der Waals surface area contributed by atoms with Gasteiger partial charge in [-0.15, -0.1) is 0 Å². The monoisotopic (exact) mass is 347 g/mol. The van der Waals surface area contributed by atoms with Crippen molar-refractivity contribution in [2.75, 3.05) is 5.32 Å². The normalized spacial score (nSPS) is 10.8. The third kappa shape index (κ3) is 4.43. The second-order valence-corrected chi connectivity index (χ2v) is 5.42. The molecule has 0 fully saturated rings. The summed E-state index contributed by atoms with van der Waals surface area (Å²) in [7, 11) is 0. The molecule has 24 heavy (non-hydrogen) atoms. The zero-order valence-corrected chi connectivity index (χ0v) is 13.6. The van der Waals surface area contributed by atoms with E-state index in [0.717, 1.165) is 0 Å². The highest BCUT2D eigenvalue weighted by Crippen LogP contribution is 2.22. The molecule has 4 nitrogen and oxygen atoms in total. The molecule has 0 aliphatic rings. The molecular formula is C18H15ClFNO3. The number of carboxylic acids is 1. The maximum Gasteiger partial charge on any atom is 0.337 e. The van der Waals surface area contributed by atoms with Gasteiger partial charge in [0.1, 0.15) is 5.82 Å². The van der Waals surface area contributed by atoms with Crippen LogP contribution in [0.1, 0.15) is 34.8 Å². The van der Waals surface area contributed by atoms with Crippen LogP contribution in [0.2, 0.25) is 5.02 Å². The number of hydrogen-bond acceptors (Lipinski definition) is 2. The lowest BCUT2D eigenvalue weighted by atomic mass is 10.1. The Balaban J connectivity index is 2.31. The van der Waals surface area contributed by atoms with Crippen LogP contribution in [0.5, 0.6) is 0 Å². The lowest BCUT2D eigenvalue weighted by Gasteiger charge is -2.08. The fourth-order valence-corrected chi connectivity index (χ4v) is 2.24. The molecule has 124 valence electrons. The SMILES string of the molecule is CCC(=O)Nc1ccc(/C=C/c2ccc(F)cc2Cl)cc1C(=O)O. The van der Waals surface area contributed by atoms with Crippen LogP contribution in [0, 0.1) is 5.82 Å². The summed E-state index contributed by atoms with van der Waals surface area (Å²) in [5.74, 6) is -1.84. The molecule has 0 radical (unpaired) electrons. The van der Waals surface area contributed by atoms with Crippen LogP contribution in [-0.4, -0.2) is 17.0 Å². The van der Waals surface area contributed by atoms with Gasteiger partial charge in [0.15, 0.2) is 0 Å². The van der Waals surface area contributed by atoms with Crippen molar-refractivity contribution in [2.45, 2.75) is 13.3 Å². The molecule has 0 spiro atoms. The molecule has 0 atom stereocenters. The van der Waals surface area contributed by atoms with Crippen molar-refractivity contribution in [3.63, 3.8) is 0 Å². The molecule has 2 N–H and O–H groups in total. The fourth-order valence-electron chi connectivity index (χ4n) is 2.01. The Labute approximate surface area is 143 Å². The van der Waals surface area contributed by atoms with Crippen molar-refractivity contribution in [3.05, 3.63) is 63.9 Å². The van der Waals surface area contributed by atoms with Gasteiger partial charge in [-0.25, -0.2) is 9.18 Å². The Kier molecular flexibility index (Phi) is 5.71. The average Bonchev–Trinajstić information content (AvgIpc) is 2.54. The molecule has 2 rings (SSSR count). The lowest BCUT2D eigenvalue weighted by molar-refractivity contribution is -0.115. The van der Waals surface area contributed by atoms with Gasteiger partial charge in [0.2, 0.25) is 5.91 Å². The first-order valence-corrected chi connectivity index (χ1v) is 7.59. The fraction of sp³-hybridized carbons (Fsp3) is 0.111. The van der Waals surface area contributed by atoms with Gasteiger partial charge in [0, 0.05) is 6.42 Å². The average molecular weight is 348 g/mol. The van der Waals surface area contributed by atoms with Crippen molar-refractivity contribution in [2.24, 2.45) is 0 Å². The van der Waals surface area contributed by atoms with E-state index in [1.807, 2.05) is 0 Å². The number of benzene rings is 2. The number of amides is 1. The van der Waals surface area contributed by atoms with Gasteiger partial charge in [0.05, 0.1) is 16.3 Å². The Morgan fingerprint density at radius 2 is 1.96 bits per heavy atom. The number of carbonyl (C=O) groups excluding carboxylic acids is 1. The molecule has 2 aromatic rings. The first-order valence-electron chi connectivity index (χ1n) is 7.21. The number of rotatable bonds is 5. The summed E-state index contributed by atoms with van der Waals surface area (Å²) in [6.07, 6.45) is 3.58. The quantitative estimate of drug-likeness (QED) is 0.771. The number of carbonyl (C=O) groups is 2. The Morgan fingerprint density at radius 3 is 2.58 bits per heavy atom. The topological polar surface area (TPSA) is 66.4 Å². The van der Waals surface area contributed by atoms with Crippen molar-refractivity contribution >= 4 is 41.3 Å². The predicted molar refractivity (Wildman–Crippen MR) is 92.7 cm³/mol. The van der Waals surface area contributed by atoms with Gasteiger partial charge >= 0.3 is 5.97 Å². The number of aromatic carboxylic acids is 1. The zero-order valence-electron chi connectivity index (χ0n) is 12.8. The molecule has 0 saturated heterocycles. The van der Waals surface area contributed by atoms with Crippen LogP contribution < -0.4 is 5.32 Å². The maximum absolute atomic E-state index is 13.0. The summed E-state index contributed by atoms with van der Waals surface area (Å²) < 4.78 is 13.0. The van der Waals surface area contributed by atoms with E-state index in [1.165, 1.54) is 30.3 Å². The molecule has 0 unspecified atom stereocenters. The van der Waals surface area contributed by atoms with E-state index >= 15 is 0 Å².